The van der Waals surface area contributed by atoms with Crippen LogP contribution < -0.4 is 10.1 Å². The zero-order chi connectivity index (χ0) is 18.2. The van der Waals surface area contributed by atoms with Crippen LogP contribution in [0.15, 0.2) is 48.5 Å². The summed E-state index contributed by atoms with van der Waals surface area (Å²) in [6.45, 7) is 4.34. The maximum atomic E-state index is 12.7. The van der Waals surface area contributed by atoms with Crippen LogP contribution in [0.2, 0.25) is 0 Å². The molecule has 0 radical (unpaired) electrons. The molecular formula is C18H23F3NOP. The lowest BCUT2D eigenvalue weighted by atomic mass is 10.1. The minimum absolute atomic E-state index is 0.0790. The topological polar surface area (TPSA) is 21.3 Å². The smallest absolute Gasteiger partial charge is 0.416 e. The van der Waals surface area contributed by atoms with Gasteiger partial charge in [0, 0.05) is 12.3 Å². The third-order valence-corrected chi connectivity index (χ3v) is 3.85. The van der Waals surface area contributed by atoms with E-state index in [4.69, 9.17) is 4.74 Å². The van der Waals surface area contributed by atoms with E-state index >= 15 is 0 Å². The standard InChI is InChI=1S/C16H17F3NOP.C2H6/c1-21-14-7-3-5-12(9-14)15(22)20-10-11-4-2-6-13(8-11)16(17,18)19;1-2/h2-9,15,20H,10,22H2,1H3;1-2H3. The van der Waals surface area contributed by atoms with Crippen molar-refractivity contribution in [1.82, 2.24) is 5.32 Å². The van der Waals surface area contributed by atoms with Crippen LogP contribution in [0.25, 0.3) is 0 Å². The summed E-state index contributed by atoms with van der Waals surface area (Å²) in [7, 11) is 4.22. The van der Waals surface area contributed by atoms with E-state index in [1.807, 2.05) is 38.1 Å². The number of methoxy groups -OCH3 is 1. The van der Waals surface area contributed by atoms with Crippen molar-refractivity contribution in [2.24, 2.45) is 0 Å². The molecule has 2 nitrogen and oxygen atoms in total. The fourth-order valence-corrected chi connectivity index (χ4v) is 2.36. The highest BCUT2D eigenvalue weighted by molar-refractivity contribution is 7.17. The molecule has 0 fully saturated rings. The Morgan fingerprint density at radius 2 is 1.75 bits per heavy atom. The Morgan fingerprint density at radius 1 is 1.08 bits per heavy atom. The highest BCUT2D eigenvalue weighted by Gasteiger charge is 2.30. The number of hydrogen-bond donors (Lipinski definition) is 1. The molecule has 1 N–H and O–H groups in total. The first-order valence-corrected chi connectivity index (χ1v) is 8.36. The van der Waals surface area contributed by atoms with Crippen LogP contribution in [-0.2, 0) is 12.7 Å². The van der Waals surface area contributed by atoms with Crippen LogP contribution in [0.5, 0.6) is 5.75 Å². The van der Waals surface area contributed by atoms with E-state index in [1.54, 1.807) is 13.2 Å². The summed E-state index contributed by atoms with van der Waals surface area (Å²) >= 11 is 0. The van der Waals surface area contributed by atoms with E-state index < -0.39 is 11.7 Å². The van der Waals surface area contributed by atoms with Crippen molar-refractivity contribution < 1.29 is 17.9 Å². The molecule has 2 atom stereocenters. The Bertz CT molecular complexity index is 632. The molecule has 6 heteroatoms. The molecule has 132 valence electrons. The van der Waals surface area contributed by atoms with Crippen molar-refractivity contribution in [3.63, 3.8) is 0 Å². The van der Waals surface area contributed by atoms with Gasteiger partial charge in [-0.2, -0.15) is 13.2 Å². The molecule has 0 amide bonds. The van der Waals surface area contributed by atoms with Gasteiger partial charge in [-0.05, 0) is 29.3 Å². The van der Waals surface area contributed by atoms with Gasteiger partial charge in [-0.25, -0.2) is 0 Å². The second-order valence-corrected chi connectivity index (χ2v) is 5.50. The lowest BCUT2D eigenvalue weighted by Gasteiger charge is -2.16. The minimum Gasteiger partial charge on any atom is -0.497 e. The van der Waals surface area contributed by atoms with Gasteiger partial charge in [0.2, 0.25) is 0 Å². The number of alkyl halides is 3. The molecule has 2 aromatic carbocycles. The molecule has 0 saturated heterocycles. The minimum atomic E-state index is -4.32. The van der Waals surface area contributed by atoms with Crippen molar-refractivity contribution >= 4 is 9.24 Å². The van der Waals surface area contributed by atoms with Crippen LogP contribution in [0, 0.1) is 0 Å². The van der Waals surface area contributed by atoms with Gasteiger partial charge in [0.15, 0.2) is 0 Å². The zero-order valence-electron chi connectivity index (χ0n) is 14.0. The summed E-state index contributed by atoms with van der Waals surface area (Å²) in [4.78, 5) is 0. The number of ether oxygens (including phenoxy) is 1. The lowest BCUT2D eigenvalue weighted by molar-refractivity contribution is -0.137. The van der Waals surface area contributed by atoms with Gasteiger partial charge in [0.25, 0.3) is 0 Å². The summed E-state index contributed by atoms with van der Waals surface area (Å²) in [5, 5.41) is 3.19. The van der Waals surface area contributed by atoms with Crippen molar-refractivity contribution in [3.8, 4) is 5.75 Å². The number of hydrogen-bond acceptors (Lipinski definition) is 2. The monoisotopic (exact) mass is 357 g/mol. The van der Waals surface area contributed by atoms with Gasteiger partial charge >= 0.3 is 6.18 Å². The van der Waals surface area contributed by atoms with Gasteiger partial charge in [0.1, 0.15) is 5.75 Å². The average molecular weight is 357 g/mol. The summed E-state index contributed by atoms with van der Waals surface area (Å²) in [6.07, 6.45) is -4.32. The highest BCUT2D eigenvalue weighted by Crippen LogP contribution is 2.30. The predicted molar refractivity (Wildman–Crippen MR) is 95.1 cm³/mol. The predicted octanol–water partition coefficient (Wildman–Crippen LogP) is 5.40. The number of nitrogens with one attached hydrogen (secondary N) is 1. The third kappa shape index (κ3) is 6.14. The normalized spacial score (nSPS) is 12.1. The Morgan fingerprint density at radius 3 is 2.38 bits per heavy atom. The Kier molecular flexibility index (Phi) is 8.23. The summed E-state index contributed by atoms with van der Waals surface area (Å²) in [5.74, 6) is 0.662. The van der Waals surface area contributed by atoms with Crippen molar-refractivity contribution in [2.45, 2.75) is 32.4 Å². The van der Waals surface area contributed by atoms with Crippen LogP contribution in [0.3, 0.4) is 0 Å². The van der Waals surface area contributed by atoms with Crippen LogP contribution in [-0.4, -0.2) is 7.11 Å². The van der Waals surface area contributed by atoms with Gasteiger partial charge in [0.05, 0.1) is 12.7 Å². The maximum absolute atomic E-state index is 12.7. The van der Waals surface area contributed by atoms with Gasteiger partial charge in [-0.1, -0.05) is 44.2 Å². The molecule has 0 aliphatic carbocycles. The molecule has 0 heterocycles. The third-order valence-electron chi connectivity index (χ3n) is 3.23. The van der Waals surface area contributed by atoms with E-state index in [2.05, 4.69) is 14.6 Å². The quantitative estimate of drug-likeness (QED) is 0.723. The second-order valence-electron chi connectivity index (χ2n) is 4.83. The first-order chi connectivity index (χ1) is 11.4. The van der Waals surface area contributed by atoms with E-state index in [0.717, 1.165) is 23.4 Å². The van der Waals surface area contributed by atoms with E-state index in [9.17, 15) is 13.2 Å². The van der Waals surface area contributed by atoms with E-state index in [1.165, 1.54) is 6.07 Å². The zero-order valence-corrected chi connectivity index (χ0v) is 15.2. The highest BCUT2D eigenvalue weighted by atomic mass is 31.0. The van der Waals surface area contributed by atoms with E-state index in [-0.39, 0.29) is 5.78 Å². The maximum Gasteiger partial charge on any atom is 0.416 e. The molecule has 0 bridgehead atoms. The second kappa shape index (κ2) is 9.65. The summed E-state index contributed by atoms with van der Waals surface area (Å²) in [6, 6.07) is 12.9. The Labute approximate surface area is 143 Å². The lowest BCUT2D eigenvalue weighted by Crippen LogP contribution is -2.16. The number of benzene rings is 2. The fourth-order valence-electron chi connectivity index (χ4n) is 2.04. The van der Waals surface area contributed by atoms with Crippen molar-refractivity contribution in [3.05, 3.63) is 65.2 Å². The molecule has 0 aliphatic heterocycles. The van der Waals surface area contributed by atoms with Crippen molar-refractivity contribution in [1.29, 1.82) is 0 Å². The van der Waals surface area contributed by atoms with Crippen LogP contribution in [0.1, 0.15) is 36.3 Å². The fraction of sp³-hybridized carbons (Fsp3) is 0.333. The molecule has 24 heavy (non-hydrogen) atoms. The van der Waals surface area contributed by atoms with E-state index in [0.29, 0.717) is 12.1 Å². The van der Waals surface area contributed by atoms with Crippen LogP contribution in [0.4, 0.5) is 13.2 Å². The molecule has 2 aromatic rings. The van der Waals surface area contributed by atoms with Gasteiger partial charge < -0.3 is 10.1 Å². The molecular weight excluding hydrogens is 334 g/mol. The first kappa shape index (κ1) is 20.5. The Hall–Kier alpha value is -1.58. The summed E-state index contributed by atoms with van der Waals surface area (Å²) < 4.78 is 43.2. The number of halogens is 3. The molecule has 2 rings (SSSR count). The first-order valence-electron chi connectivity index (χ1n) is 7.69. The molecule has 0 aromatic heterocycles. The molecule has 0 spiro atoms. The van der Waals surface area contributed by atoms with Crippen LogP contribution >= 0.6 is 9.24 Å². The SMILES string of the molecule is CC.COc1cccc(C(P)NCc2cccc(C(F)(F)F)c2)c1. The molecule has 0 aliphatic rings. The van der Waals surface area contributed by atoms with Crippen molar-refractivity contribution in [2.75, 3.05) is 7.11 Å². The molecule has 0 saturated carbocycles. The Balaban J connectivity index is 0.00000139. The van der Waals surface area contributed by atoms with Gasteiger partial charge in [-0.3, -0.25) is 0 Å². The summed E-state index contributed by atoms with van der Waals surface area (Å²) in [5.41, 5.74) is 0.940. The number of rotatable bonds is 5. The molecule has 2 unspecified atom stereocenters. The average Bonchev–Trinajstić information content (AvgIpc) is 2.61. The van der Waals surface area contributed by atoms with Gasteiger partial charge in [-0.15, -0.1) is 9.24 Å². The largest absolute Gasteiger partial charge is 0.497 e.